The van der Waals surface area contributed by atoms with Gasteiger partial charge in [-0.3, -0.25) is 33.5 Å². The van der Waals surface area contributed by atoms with E-state index >= 15 is 0 Å². The van der Waals surface area contributed by atoms with Gasteiger partial charge in [-0.1, -0.05) is 18.2 Å². The number of imide groups is 1. The average molecular weight is 815 g/mol. The zero-order valence-corrected chi connectivity index (χ0v) is 33.4. The average Bonchev–Trinajstić information content (AvgIpc) is 3.72. The van der Waals surface area contributed by atoms with Gasteiger partial charge in [0.15, 0.2) is 0 Å². The zero-order chi connectivity index (χ0) is 41.8. The third kappa shape index (κ3) is 8.29. The lowest BCUT2D eigenvalue weighted by Gasteiger charge is -2.36. The number of hydrogen-bond acceptors (Lipinski definition) is 8. The van der Waals surface area contributed by atoms with Gasteiger partial charge in [-0.25, -0.2) is 9.78 Å². The molecular formula is C43H49F3N8O5. The Bertz CT molecular complexity index is 2480. The highest BCUT2D eigenvalue weighted by atomic mass is 19.4. The number of anilines is 1. The number of amides is 3. The van der Waals surface area contributed by atoms with E-state index in [-0.39, 0.29) is 35.4 Å². The van der Waals surface area contributed by atoms with Crippen LogP contribution in [0.15, 0.2) is 59.5 Å². The van der Waals surface area contributed by atoms with Crippen molar-refractivity contribution in [1.29, 1.82) is 0 Å². The van der Waals surface area contributed by atoms with E-state index in [1.165, 1.54) is 6.07 Å². The van der Waals surface area contributed by atoms with Gasteiger partial charge in [0, 0.05) is 42.8 Å². The van der Waals surface area contributed by atoms with Crippen LogP contribution in [0.3, 0.4) is 0 Å². The topological polar surface area (TPSA) is 156 Å². The Labute approximate surface area is 338 Å². The van der Waals surface area contributed by atoms with Crippen molar-refractivity contribution >= 4 is 45.3 Å². The van der Waals surface area contributed by atoms with Crippen LogP contribution in [0.25, 0.3) is 21.9 Å². The number of pyridine rings is 1. The number of alkyl halides is 3. The minimum Gasteiger partial charge on any atom is -0.386 e. The van der Waals surface area contributed by atoms with Crippen LogP contribution in [-0.4, -0.2) is 71.3 Å². The van der Waals surface area contributed by atoms with Crippen molar-refractivity contribution in [3.8, 4) is 0 Å². The maximum atomic E-state index is 13.4. The molecule has 13 nitrogen and oxygen atoms in total. The van der Waals surface area contributed by atoms with Gasteiger partial charge in [-0.2, -0.15) is 18.3 Å². The summed E-state index contributed by atoms with van der Waals surface area (Å²) >= 11 is 0. The van der Waals surface area contributed by atoms with Crippen LogP contribution in [0, 0.1) is 11.8 Å². The van der Waals surface area contributed by atoms with Crippen LogP contribution in [0.1, 0.15) is 105 Å². The van der Waals surface area contributed by atoms with Gasteiger partial charge in [0.25, 0.3) is 5.91 Å². The van der Waals surface area contributed by atoms with Gasteiger partial charge < -0.3 is 15.3 Å². The minimum atomic E-state index is -4.69. The number of halogens is 3. The molecule has 1 aliphatic carbocycles. The van der Waals surface area contributed by atoms with Crippen LogP contribution >= 0.6 is 0 Å². The Morgan fingerprint density at radius 1 is 0.949 bits per heavy atom. The number of imidazole rings is 1. The fourth-order valence-corrected chi connectivity index (χ4v) is 9.35. The number of nitrogens with one attached hydrogen (secondary N) is 2. The maximum Gasteiger partial charge on any atom is 0.433 e. The van der Waals surface area contributed by atoms with Crippen molar-refractivity contribution in [3.63, 3.8) is 0 Å². The Hall–Kier alpha value is -5.35. The lowest BCUT2D eigenvalue weighted by atomic mass is 9.84. The Morgan fingerprint density at radius 3 is 2.37 bits per heavy atom. The molecule has 3 aliphatic rings. The molecule has 3 amide bonds. The highest BCUT2D eigenvalue weighted by Crippen LogP contribution is 2.37. The summed E-state index contributed by atoms with van der Waals surface area (Å²) in [5, 5.41) is 21.6. The smallest absolute Gasteiger partial charge is 0.386 e. The molecule has 5 heterocycles. The van der Waals surface area contributed by atoms with Crippen molar-refractivity contribution in [2.24, 2.45) is 18.9 Å². The number of aryl methyl sites for hydroxylation is 1. The summed E-state index contributed by atoms with van der Waals surface area (Å²) in [5.41, 5.74) is 0.792. The third-order valence-corrected chi connectivity index (χ3v) is 12.5. The van der Waals surface area contributed by atoms with Crippen LogP contribution in [-0.2, 0) is 34.8 Å². The van der Waals surface area contributed by atoms with Crippen LogP contribution in [0.2, 0.25) is 0 Å². The standard InChI is InChI=1S/C43H49F3N8O5/c1-42(2,59)30-22-32-28(21-33(30)48-39(56)31-7-5-9-36(47-31)43(44,45)46)24-53(50-32)29-12-10-26(11-13-29)23-52-18-16-25(17-19-52)20-27-6-4-8-34-38(27)51(3)41(58)54(34)35-14-15-37(55)49-40(35)57/h4-9,21-22,24-26,29,35,59H,10-20,23H2,1-3H3,(H,48,56)(H,49,55,57). The number of piperidine rings is 2. The lowest BCUT2D eigenvalue weighted by Crippen LogP contribution is -2.44. The molecule has 2 aromatic carbocycles. The minimum absolute atomic E-state index is 0.186. The van der Waals surface area contributed by atoms with E-state index in [9.17, 15) is 37.5 Å². The fraction of sp³-hybridized carbons (Fsp3) is 0.488. The second-order valence-electron chi connectivity index (χ2n) is 17.1. The van der Waals surface area contributed by atoms with Crippen molar-refractivity contribution in [3.05, 3.63) is 87.7 Å². The van der Waals surface area contributed by atoms with E-state index in [0.717, 1.165) is 98.7 Å². The molecule has 0 spiro atoms. The van der Waals surface area contributed by atoms with Gasteiger partial charge in [0.1, 0.15) is 17.4 Å². The molecule has 0 radical (unpaired) electrons. The monoisotopic (exact) mass is 814 g/mol. The molecule has 5 aromatic rings. The molecule has 3 aromatic heterocycles. The number of aliphatic hydroxyl groups is 1. The second-order valence-corrected chi connectivity index (χ2v) is 17.1. The SMILES string of the molecule is Cn1c(=O)n(C2CCC(=O)NC2=O)c2cccc(CC3CCN(CC4CCC(n5cc6cc(NC(=O)c7cccc(C(F)(F)F)n7)c(C(C)(C)O)cc6n5)CC4)CC3)c21. The fourth-order valence-electron chi connectivity index (χ4n) is 9.35. The number of likely N-dealkylation sites (tertiary alicyclic amines) is 1. The quantitative estimate of drug-likeness (QED) is 0.148. The first kappa shape index (κ1) is 40.4. The number of para-hydroxylation sites is 1. The van der Waals surface area contributed by atoms with Gasteiger partial charge >= 0.3 is 11.9 Å². The van der Waals surface area contributed by atoms with E-state index in [0.29, 0.717) is 29.3 Å². The predicted octanol–water partition coefficient (Wildman–Crippen LogP) is 6.25. The Morgan fingerprint density at radius 2 is 1.68 bits per heavy atom. The van der Waals surface area contributed by atoms with Crippen molar-refractivity contribution in [1.82, 2.24) is 34.1 Å². The molecule has 0 bridgehead atoms. The van der Waals surface area contributed by atoms with Crippen LogP contribution < -0.4 is 16.3 Å². The predicted molar refractivity (Wildman–Crippen MR) is 215 cm³/mol. The zero-order valence-electron chi connectivity index (χ0n) is 33.4. The maximum absolute atomic E-state index is 13.4. The largest absolute Gasteiger partial charge is 0.433 e. The van der Waals surface area contributed by atoms with E-state index in [2.05, 4.69) is 26.6 Å². The lowest BCUT2D eigenvalue weighted by molar-refractivity contribution is -0.141. The number of benzene rings is 2. The van der Waals surface area contributed by atoms with Crippen LogP contribution in [0.5, 0.6) is 0 Å². The first-order valence-corrected chi connectivity index (χ1v) is 20.4. The molecule has 1 saturated carbocycles. The van der Waals surface area contributed by atoms with Crippen molar-refractivity contribution < 1.29 is 32.7 Å². The van der Waals surface area contributed by atoms with Gasteiger partial charge in [-0.05, 0) is 126 Å². The normalized spacial score (nSPS) is 21.3. The number of hydrogen-bond donors (Lipinski definition) is 3. The molecule has 8 rings (SSSR count). The number of fused-ring (bicyclic) bond motifs is 2. The number of carbonyl (C=O) groups is 3. The Kier molecular flexibility index (Phi) is 10.7. The first-order chi connectivity index (χ1) is 28.0. The number of aromatic nitrogens is 5. The summed E-state index contributed by atoms with van der Waals surface area (Å²) in [4.78, 5) is 57.0. The van der Waals surface area contributed by atoms with Crippen molar-refractivity contribution in [2.75, 3.05) is 25.0 Å². The van der Waals surface area contributed by atoms with Crippen molar-refractivity contribution in [2.45, 2.75) is 95.5 Å². The molecule has 2 saturated heterocycles. The highest BCUT2D eigenvalue weighted by Gasteiger charge is 2.35. The first-order valence-electron chi connectivity index (χ1n) is 20.4. The number of nitrogens with zero attached hydrogens (tertiary/aromatic N) is 6. The number of carbonyl (C=O) groups excluding carboxylic acids is 3. The Balaban J connectivity index is 0.871. The summed E-state index contributed by atoms with van der Waals surface area (Å²) in [7, 11) is 1.75. The summed E-state index contributed by atoms with van der Waals surface area (Å²) in [6, 6.07) is 12.0. The summed E-state index contributed by atoms with van der Waals surface area (Å²) < 4.78 is 44.9. The summed E-state index contributed by atoms with van der Waals surface area (Å²) in [6.07, 6.45) is 4.73. The molecular weight excluding hydrogens is 766 g/mol. The molecule has 59 heavy (non-hydrogen) atoms. The molecule has 2 aliphatic heterocycles. The van der Waals surface area contributed by atoms with Gasteiger partial charge in [0.05, 0.1) is 28.2 Å². The summed E-state index contributed by atoms with van der Waals surface area (Å²) in [6.45, 7) is 6.20. The third-order valence-electron chi connectivity index (χ3n) is 12.5. The molecule has 16 heteroatoms. The molecule has 312 valence electrons. The van der Waals surface area contributed by atoms with E-state index in [4.69, 9.17) is 5.10 Å². The molecule has 1 unspecified atom stereocenters. The van der Waals surface area contributed by atoms with E-state index < -0.39 is 35.3 Å². The molecule has 3 fully saturated rings. The van der Waals surface area contributed by atoms with Gasteiger partial charge in [-0.15, -0.1) is 0 Å². The van der Waals surface area contributed by atoms with E-state index in [1.54, 1.807) is 42.2 Å². The second kappa shape index (κ2) is 15.7. The number of rotatable bonds is 9. The van der Waals surface area contributed by atoms with Gasteiger partial charge in [0.2, 0.25) is 11.8 Å². The molecule has 3 N–H and O–H groups in total. The highest BCUT2D eigenvalue weighted by molar-refractivity contribution is 6.04. The summed E-state index contributed by atoms with van der Waals surface area (Å²) in [5.74, 6) is -0.524. The van der Waals surface area contributed by atoms with Crippen LogP contribution in [0.4, 0.5) is 18.9 Å². The molecule has 1 atom stereocenters. The van der Waals surface area contributed by atoms with E-state index in [1.807, 2.05) is 23.0 Å².